The molecule has 0 aliphatic heterocycles. The lowest BCUT2D eigenvalue weighted by Gasteiger charge is -2.15. The molecule has 1 nitrogen and oxygen atoms in total. The fourth-order valence-electron chi connectivity index (χ4n) is 1.98. The first-order valence-corrected chi connectivity index (χ1v) is 5.91. The molecule has 94 valence electrons. The van der Waals surface area contributed by atoms with Gasteiger partial charge in [-0.3, -0.25) is 0 Å². The average Bonchev–Trinajstić information content (AvgIpc) is 2.38. The molecule has 0 saturated heterocycles. The molecule has 18 heavy (non-hydrogen) atoms. The van der Waals surface area contributed by atoms with Crippen molar-refractivity contribution >= 4 is 0 Å². The Hall–Kier alpha value is -1.74. The molecule has 2 rings (SSSR count). The molecule has 3 heteroatoms. The summed E-state index contributed by atoms with van der Waals surface area (Å²) in [6.07, 6.45) is 0.861. The Labute approximate surface area is 105 Å². The second kappa shape index (κ2) is 5.27. The van der Waals surface area contributed by atoms with E-state index >= 15 is 0 Å². The van der Waals surface area contributed by atoms with Gasteiger partial charge in [-0.15, -0.1) is 0 Å². The first-order chi connectivity index (χ1) is 8.63. The summed E-state index contributed by atoms with van der Waals surface area (Å²) in [5, 5.41) is 0. The number of rotatable bonds is 3. The first-order valence-electron chi connectivity index (χ1n) is 5.91. The van der Waals surface area contributed by atoms with Gasteiger partial charge in [0.1, 0.15) is 11.6 Å². The minimum absolute atomic E-state index is 0.0780. The predicted molar refractivity (Wildman–Crippen MR) is 68.2 cm³/mol. The van der Waals surface area contributed by atoms with E-state index in [1.54, 1.807) is 6.07 Å². The third kappa shape index (κ3) is 2.41. The summed E-state index contributed by atoms with van der Waals surface area (Å²) < 4.78 is 27.3. The Bertz CT molecular complexity index is 532. The zero-order valence-electron chi connectivity index (χ0n) is 10.2. The fraction of sp³-hybridized carbons (Fsp3) is 0.200. The first kappa shape index (κ1) is 12.7. The summed E-state index contributed by atoms with van der Waals surface area (Å²) in [5.74, 6) is -1.21. The zero-order valence-corrected chi connectivity index (χ0v) is 10.2. The van der Waals surface area contributed by atoms with Gasteiger partial charge in [0.05, 0.1) is 6.04 Å². The van der Waals surface area contributed by atoms with Crippen molar-refractivity contribution in [3.8, 4) is 0 Å². The van der Waals surface area contributed by atoms with Crippen LogP contribution in [0.3, 0.4) is 0 Å². The van der Waals surface area contributed by atoms with Crippen LogP contribution < -0.4 is 5.73 Å². The summed E-state index contributed by atoms with van der Waals surface area (Å²) in [4.78, 5) is 0. The van der Waals surface area contributed by atoms with Crippen molar-refractivity contribution < 1.29 is 8.78 Å². The molecule has 2 aromatic carbocycles. The van der Waals surface area contributed by atoms with E-state index in [4.69, 9.17) is 5.73 Å². The lowest BCUT2D eigenvalue weighted by Crippen LogP contribution is -2.15. The van der Waals surface area contributed by atoms with Crippen molar-refractivity contribution in [1.29, 1.82) is 0 Å². The van der Waals surface area contributed by atoms with Crippen LogP contribution in [0.2, 0.25) is 0 Å². The molecule has 2 N–H and O–H groups in total. The topological polar surface area (TPSA) is 26.0 Å². The van der Waals surface area contributed by atoms with Gasteiger partial charge in [0.15, 0.2) is 0 Å². The van der Waals surface area contributed by atoms with E-state index < -0.39 is 17.7 Å². The molecule has 0 aromatic heterocycles. The number of hydrogen-bond donors (Lipinski definition) is 1. The van der Waals surface area contributed by atoms with Gasteiger partial charge in [-0.25, -0.2) is 8.78 Å². The predicted octanol–water partition coefficient (Wildman–Crippen LogP) is 3.58. The fourth-order valence-corrected chi connectivity index (χ4v) is 1.98. The van der Waals surface area contributed by atoms with Gasteiger partial charge in [-0.2, -0.15) is 0 Å². The van der Waals surface area contributed by atoms with Gasteiger partial charge in [0.25, 0.3) is 0 Å². The number of hydrogen-bond acceptors (Lipinski definition) is 1. The molecular weight excluding hydrogens is 232 g/mol. The summed E-state index contributed by atoms with van der Waals surface area (Å²) in [7, 11) is 0. The SMILES string of the molecule is CCc1cccc(C(N)c2c(F)cccc2F)c1. The van der Waals surface area contributed by atoms with Crippen LogP contribution in [0, 0.1) is 11.6 Å². The molecule has 0 fully saturated rings. The molecule has 0 saturated carbocycles. The minimum Gasteiger partial charge on any atom is -0.320 e. The normalized spacial score (nSPS) is 12.4. The molecule has 0 spiro atoms. The summed E-state index contributed by atoms with van der Waals surface area (Å²) in [6.45, 7) is 2.02. The second-order valence-corrected chi connectivity index (χ2v) is 4.21. The lowest BCUT2D eigenvalue weighted by atomic mass is 9.96. The maximum absolute atomic E-state index is 13.6. The van der Waals surface area contributed by atoms with E-state index in [9.17, 15) is 8.78 Å². The standard InChI is InChI=1S/C15H15F2N/c1-2-10-5-3-6-11(9-10)15(18)14-12(16)7-4-8-13(14)17/h3-9,15H,2,18H2,1H3. The van der Waals surface area contributed by atoms with Gasteiger partial charge in [0, 0.05) is 5.56 Å². The second-order valence-electron chi connectivity index (χ2n) is 4.21. The van der Waals surface area contributed by atoms with Crippen LogP contribution in [0.25, 0.3) is 0 Å². The number of aryl methyl sites for hydroxylation is 1. The van der Waals surface area contributed by atoms with Crippen molar-refractivity contribution in [3.05, 3.63) is 70.8 Å². The highest BCUT2D eigenvalue weighted by Crippen LogP contribution is 2.25. The highest BCUT2D eigenvalue weighted by Gasteiger charge is 2.18. The summed E-state index contributed by atoms with van der Waals surface area (Å²) in [6, 6.07) is 10.5. The van der Waals surface area contributed by atoms with Crippen molar-refractivity contribution in [2.24, 2.45) is 5.73 Å². The van der Waals surface area contributed by atoms with Gasteiger partial charge in [-0.05, 0) is 29.7 Å². The maximum atomic E-state index is 13.6. The van der Waals surface area contributed by atoms with E-state index in [0.717, 1.165) is 17.5 Å². The molecular formula is C15H15F2N. The minimum atomic E-state index is -0.780. The molecule has 0 amide bonds. The Morgan fingerprint density at radius 3 is 2.28 bits per heavy atom. The smallest absolute Gasteiger partial charge is 0.131 e. The quantitative estimate of drug-likeness (QED) is 0.881. The number of nitrogens with two attached hydrogens (primary N) is 1. The largest absolute Gasteiger partial charge is 0.320 e. The Morgan fingerprint density at radius 2 is 1.67 bits per heavy atom. The average molecular weight is 247 g/mol. The van der Waals surface area contributed by atoms with Crippen LogP contribution in [-0.4, -0.2) is 0 Å². The van der Waals surface area contributed by atoms with Gasteiger partial charge in [0.2, 0.25) is 0 Å². The Balaban J connectivity index is 2.44. The van der Waals surface area contributed by atoms with Gasteiger partial charge >= 0.3 is 0 Å². The van der Waals surface area contributed by atoms with Crippen molar-refractivity contribution in [2.45, 2.75) is 19.4 Å². The highest BCUT2D eigenvalue weighted by molar-refractivity contribution is 5.35. The molecule has 2 aromatic rings. The van der Waals surface area contributed by atoms with Crippen LogP contribution in [0.5, 0.6) is 0 Å². The van der Waals surface area contributed by atoms with Crippen molar-refractivity contribution in [2.75, 3.05) is 0 Å². The van der Waals surface area contributed by atoms with Gasteiger partial charge in [-0.1, -0.05) is 37.3 Å². The molecule has 1 atom stereocenters. The third-order valence-electron chi connectivity index (χ3n) is 3.03. The van der Waals surface area contributed by atoms with Crippen LogP contribution >= 0.6 is 0 Å². The maximum Gasteiger partial charge on any atom is 0.131 e. The summed E-state index contributed by atoms with van der Waals surface area (Å²) in [5.41, 5.74) is 7.70. The third-order valence-corrected chi connectivity index (χ3v) is 3.03. The van der Waals surface area contributed by atoms with E-state index in [0.29, 0.717) is 0 Å². The Kier molecular flexibility index (Phi) is 3.72. The molecule has 0 heterocycles. The van der Waals surface area contributed by atoms with E-state index in [2.05, 4.69) is 0 Å². The monoisotopic (exact) mass is 247 g/mol. The van der Waals surface area contributed by atoms with Crippen LogP contribution in [-0.2, 0) is 6.42 Å². The molecule has 0 radical (unpaired) electrons. The molecule has 1 unspecified atom stereocenters. The molecule has 0 bridgehead atoms. The number of benzene rings is 2. The Morgan fingerprint density at radius 1 is 1.06 bits per heavy atom. The lowest BCUT2D eigenvalue weighted by molar-refractivity contribution is 0.543. The highest BCUT2D eigenvalue weighted by atomic mass is 19.1. The van der Waals surface area contributed by atoms with E-state index in [-0.39, 0.29) is 5.56 Å². The van der Waals surface area contributed by atoms with Crippen molar-refractivity contribution in [1.82, 2.24) is 0 Å². The molecule has 0 aliphatic rings. The van der Waals surface area contributed by atoms with E-state index in [1.807, 2.05) is 25.1 Å². The van der Waals surface area contributed by atoms with Crippen LogP contribution in [0.15, 0.2) is 42.5 Å². The number of halogens is 2. The van der Waals surface area contributed by atoms with Gasteiger partial charge < -0.3 is 5.73 Å². The summed E-state index contributed by atoms with van der Waals surface area (Å²) >= 11 is 0. The van der Waals surface area contributed by atoms with Crippen molar-refractivity contribution in [3.63, 3.8) is 0 Å². The van der Waals surface area contributed by atoms with E-state index in [1.165, 1.54) is 18.2 Å². The van der Waals surface area contributed by atoms with Crippen LogP contribution in [0.4, 0.5) is 8.78 Å². The van der Waals surface area contributed by atoms with Crippen LogP contribution in [0.1, 0.15) is 29.7 Å². The molecule has 0 aliphatic carbocycles. The zero-order chi connectivity index (χ0) is 13.1.